The maximum atomic E-state index is 2.43. The zero-order valence-electron chi connectivity index (χ0n) is 5.99. The van der Waals surface area contributed by atoms with Crippen molar-refractivity contribution in [3.05, 3.63) is 0 Å². The van der Waals surface area contributed by atoms with Crippen LogP contribution in [0.5, 0.6) is 0 Å². The normalized spacial score (nSPS) is 68.6. The quantitative estimate of drug-likeness (QED) is 0.449. The van der Waals surface area contributed by atoms with Crippen LogP contribution in [0, 0.1) is 16.7 Å². The van der Waals surface area contributed by atoms with E-state index in [9.17, 15) is 0 Å². The third-order valence-electron chi connectivity index (χ3n) is 4.30. The van der Waals surface area contributed by atoms with Crippen LogP contribution < -0.4 is 0 Å². The first-order valence-electron chi connectivity index (χ1n) is 3.61. The first-order chi connectivity index (χ1) is 3.61. The lowest BCUT2D eigenvalue weighted by Gasteiger charge is -2.28. The summed E-state index contributed by atoms with van der Waals surface area (Å²) >= 11 is 0. The summed E-state index contributed by atoms with van der Waals surface area (Å²) in [7, 11) is 0. The molecule has 0 heteroatoms. The van der Waals surface area contributed by atoms with Crippen LogP contribution in [0.15, 0.2) is 0 Å². The molecule has 2 unspecified atom stereocenters. The summed E-state index contributed by atoms with van der Waals surface area (Å²) in [5.41, 5.74) is 1.57. The largest absolute Gasteiger partial charge is 0.0614 e. The fraction of sp³-hybridized carbons (Fsp3) is 1.00. The summed E-state index contributed by atoms with van der Waals surface area (Å²) < 4.78 is 0. The van der Waals surface area contributed by atoms with Crippen LogP contribution in [0.3, 0.4) is 0 Å². The average Bonchev–Trinajstić information content (AvgIpc) is 1.98. The first-order valence-corrected chi connectivity index (χ1v) is 3.61. The van der Waals surface area contributed by atoms with E-state index in [0.717, 1.165) is 16.7 Å². The van der Waals surface area contributed by atoms with E-state index in [1.807, 2.05) is 0 Å². The van der Waals surface area contributed by atoms with Crippen LogP contribution >= 0.6 is 0 Å². The highest BCUT2D eigenvalue weighted by atomic mass is 14.8. The molecule has 46 valence electrons. The summed E-state index contributed by atoms with van der Waals surface area (Å²) in [5.74, 6) is 1.02. The lowest BCUT2D eigenvalue weighted by molar-refractivity contribution is 0.219. The second-order valence-electron chi connectivity index (χ2n) is 4.06. The van der Waals surface area contributed by atoms with Gasteiger partial charge in [0.15, 0.2) is 0 Å². The van der Waals surface area contributed by atoms with E-state index in [1.54, 1.807) is 0 Å². The molecule has 2 rings (SSSR count). The fourth-order valence-corrected chi connectivity index (χ4v) is 2.59. The van der Waals surface area contributed by atoms with E-state index in [-0.39, 0.29) is 0 Å². The van der Waals surface area contributed by atoms with Crippen LogP contribution in [-0.4, -0.2) is 0 Å². The second-order valence-corrected chi connectivity index (χ2v) is 4.06. The highest BCUT2D eigenvalue weighted by molar-refractivity contribution is 5.22. The van der Waals surface area contributed by atoms with Crippen molar-refractivity contribution in [1.29, 1.82) is 0 Å². The highest BCUT2D eigenvalue weighted by Crippen LogP contribution is 2.81. The summed E-state index contributed by atoms with van der Waals surface area (Å²) in [6.45, 7) is 7.26. The van der Waals surface area contributed by atoms with Crippen molar-refractivity contribution in [3.63, 3.8) is 0 Å². The van der Waals surface area contributed by atoms with Gasteiger partial charge in [-0.2, -0.15) is 0 Å². The molecule has 0 nitrogen and oxygen atoms in total. The van der Waals surface area contributed by atoms with Crippen molar-refractivity contribution in [2.24, 2.45) is 16.7 Å². The molecular weight excluding hydrogens is 96.1 g/mol. The molecule has 0 radical (unpaired) electrons. The molecule has 0 aromatic heterocycles. The number of fused-ring (bicyclic) bond motifs is 1. The molecule has 0 saturated heterocycles. The summed E-state index contributed by atoms with van der Waals surface area (Å²) in [5, 5.41) is 0. The van der Waals surface area contributed by atoms with Crippen LogP contribution in [0.2, 0.25) is 0 Å². The molecule has 2 aliphatic carbocycles. The van der Waals surface area contributed by atoms with Gasteiger partial charge in [0.2, 0.25) is 0 Å². The maximum absolute atomic E-state index is 2.43. The standard InChI is InChI=1S/C8H14/c1-6-7(2)4-5-8(6,7)3/h6H,4-5H2,1-3H3. The Balaban J connectivity index is 2.29. The van der Waals surface area contributed by atoms with Gasteiger partial charge in [-0.1, -0.05) is 20.8 Å². The smallest absolute Gasteiger partial charge is 0.0238 e. The van der Waals surface area contributed by atoms with Gasteiger partial charge in [-0.25, -0.2) is 0 Å². The molecule has 0 aliphatic heterocycles. The number of hydrogen-bond acceptors (Lipinski definition) is 0. The Bertz CT molecular complexity index is 123. The minimum atomic E-state index is 0.785. The van der Waals surface area contributed by atoms with Crippen molar-refractivity contribution in [2.45, 2.75) is 33.6 Å². The van der Waals surface area contributed by atoms with Crippen molar-refractivity contribution in [3.8, 4) is 0 Å². The zero-order valence-corrected chi connectivity index (χ0v) is 5.99. The van der Waals surface area contributed by atoms with Crippen LogP contribution in [0.1, 0.15) is 33.6 Å². The van der Waals surface area contributed by atoms with Crippen molar-refractivity contribution in [1.82, 2.24) is 0 Å². The molecule has 0 amide bonds. The first kappa shape index (κ1) is 4.84. The summed E-state index contributed by atoms with van der Waals surface area (Å²) in [4.78, 5) is 0. The highest BCUT2D eigenvalue weighted by Gasteiger charge is 2.73. The summed E-state index contributed by atoms with van der Waals surface area (Å²) in [6, 6.07) is 0. The monoisotopic (exact) mass is 110 g/mol. The molecule has 8 heavy (non-hydrogen) atoms. The van der Waals surface area contributed by atoms with Gasteiger partial charge in [-0.15, -0.1) is 0 Å². The van der Waals surface area contributed by atoms with E-state index in [0.29, 0.717) is 0 Å². The van der Waals surface area contributed by atoms with E-state index in [2.05, 4.69) is 20.8 Å². The van der Waals surface area contributed by atoms with Gasteiger partial charge in [-0.05, 0) is 29.6 Å². The Hall–Kier alpha value is 0. The zero-order chi connectivity index (χ0) is 5.99. The molecule has 0 aromatic rings. The van der Waals surface area contributed by atoms with Crippen molar-refractivity contribution < 1.29 is 0 Å². The molecular formula is C8H14. The van der Waals surface area contributed by atoms with Gasteiger partial charge in [0.05, 0.1) is 0 Å². The fourth-order valence-electron chi connectivity index (χ4n) is 2.59. The maximum Gasteiger partial charge on any atom is -0.0238 e. The molecule has 2 fully saturated rings. The Morgan fingerprint density at radius 3 is 1.50 bits per heavy atom. The van der Waals surface area contributed by atoms with Gasteiger partial charge < -0.3 is 0 Å². The van der Waals surface area contributed by atoms with Crippen LogP contribution in [0.4, 0.5) is 0 Å². The Kier molecular flexibility index (Phi) is 0.527. The van der Waals surface area contributed by atoms with Crippen LogP contribution in [-0.2, 0) is 0 Å². The molecule has 0 N–H and O–H groups in total. The van der Waals surface area contributed by atoms with Gasteiger partial charge >= 0.3 is 0 Å². The molecule has 0 bridgehead atoms. The lowest BCUT2D eigenvalue weighted by Crippen LogP contribution is -2.18. The Morgan fingerprint density at radius 2 is 1.50 bits per heavy atom. The van der Waals surface area contributed by atoms with E-state index in [1.165, 1.54) is 12.8 Å². The van der Waals surface area contributed by atoms with Gasteiger partial charge in [-0.3, -0.25) is 0 Å². The lowest BCUT2D eigenvalue weighted by atomic mass is 9.77. The van der Waals surface area contributed by atoms with Crippen molar-refractivity contribution >= 4 is 0 Å². The summed E-state index contributed by atoms with van der Waals surface area (Å²) in [6.07, 6.45) is 2.98. The van der Waals surface area contributed by atoms with Crippen LogP contribution in [0.25, 0.3) is 0 Å². The SMILES string of the molecule is CC1C2(C)CCC12C. The Labute approximate surface area is 51.3 Å². The van der Waals surface area contributed by atoms with E-state index >= 15 is 0 Å². The van der Waals surface area contributed by atoms with Gasteiger partial charge in [0, 0.05) is 0 Å². The Morgan fingerprint density at radius 1 is 1.12 bits per heavy atom. The third kappa shape index (κ3) is 0.222. The molecule has 2 aliphatic rings. The number of rotatable bonds is 0. The topological polar surface area (TPSA) is 0 Å². The molecule has 0 aromatic carbocycles. The average molecular weight is 110 g/mol. The predicted molar refractivity (Wildman–Crippen MR) is 34.6 cm³/mol. The third-order valence-corrected chi connectivity index (χ3v) is 4.30. The van der Waals surface area contributed by atoms with Crippen molar-refractivity contribution in [2.75, 3.05) is 0 Å². The minimum Gasteiger partial charge on any atom is -0.0614 e. The van der Waals surface area contributed by atoms with Gasteiger partial charge in [0.1, 0.15) is 0 Å². The van der Waals surface area contributed by atoms with E-state index in [4.69, 9.17) is 0 Å². The van der Waals surface area contributed by atoms with Gasteiger partial charge in [0.25, 0.3) is 0 Å². The second kappa shape index (κ2) is 0.872. The molecule has 2 atom stereocenters. The van der Waals surface area contributed by atoms with E-state index < -0.39 is 0 Å². The predicted octanol–water partition coefficient (Wildman–Crippen LogP) is 2.44. The number of hydrogen-bond donors (Lipinski definition) is 0. The minimum absolute atomic E-state index is 0.785. The molecule has 0 spiro atoms. The molecule has 0 heterocycles. The molecule has 2 saturated carbocycles.